The van der Waals surface area contributed by atoms with Crippen molar-refractivity contribution in [1.29, 1.82) is 0 Å². The summed E-state index contributed by atoms with van der Waals surface area (Å²) < 4.78 is 42.5. The second-order valence-corrected chi connectivity index (χ2v) is 13.0. The zero-order valence-corrected chi connectivity index (χ0v) is 26.1. The van der Waals surface area contributed by atoms with Crippen molar-refractivity contribution in [3.05, 3.63) is 119 Å². The Labute approximate surface area is 269 Å². The number of carbonyl (C=O) groups excluding carboxylic acids is 2. The van der Waals surface area contributed by atoms with E-state index in [4.69, 9.17) is 16.3 Å². The third kappa shape index (κ3) is 8.99. The smallest absolute Gasteiger partial charge is 0.235 e. The van der Waals surface area contributed by atoms with Crippen LogP contribution in [0.2, 0.25) is 5.02 Å². The van der Waals surface area contributed by atoms with Gasteiger partial charge in [0.05, 0.1) is 23.0 Å². The molecule has 13 heteroatoms. The molecule has 3 N–H and O–H groups in total. The van der Waals surface area contributed by atoms with Crippen molar-refractivity contribution in [2.75, 3.05) is 22.6 Å². The Morgan fingerprint density at radius 1 is 0.913 bits per heavy atom. The summed E-state index contributed by atoms with van der Waals surface area (Å²) in [7, 11) is -3.55. The number of carbonyl (C=O) groups is 2. The van der Waals surface area contributed by atoms with E-state index in [2.05, 4.69) is 25.9 Å². The molecular weight excluding hydrogens is 633 g/mol. The lowest BCUT2D eigenvalue weighted by Gasteiger charge is -2.19. The topological polar surface area (TPSA) is 139 Å². The van der Waals surface area contributed by atoms with Crippen molar-refractivity contribution in [1.82, 2.24) is 15.3 Å². The third-order valence-corrected chi connectivity index (χ3v) is 7.80. The summed E-state index contributed by atoms with van der Waals surface area (Å²) in [4.78, 5) is 34.2. The Hall–Kier alpha value is -5.07. The molecule has 10 nitrogen and oxygen atoms in total. The van der Waals surface area contributed by atoms with Crippen LogP contribution in [0.1, 0.15) is 23.6 Å². The van der Waals surface area contributed by atoms with Gasteiger partial charge in [-0.2, -0.15) is 0 Å². The summed E-state index contributed by atoms with van der Waals surface area (Å²) in [6.07, 6.45) is 2.24. The SMILES string of the molecule is CS(=O)(=O)CC(=O)NC(CC(=O)Nc1ccc2ncnc(Nc3ccc(OCc4cccc(F)c4)c(Cl)c3)c2c1)c1ccccc1. The van der Waals surface area contributed by atoms with Gasteiger partial charge in [-0.3, -0.25) is 9.59 Å². The number of sulfone groups is 1. The van der Waals surface area contributed by atoms with Crippen LogP contribution in [-0.4, -0.2) is 42.2 Å². The molecule has 46 heavy (non-hydrogen) atoms. The van der Waals surface area contributed by atoms with E-state index in [0.717, 1.165) is 6.26 Å². The van der Waals surface area contributed by atoms with E-state index in [9.17, 15) is 22.4 Å². The number of fused-ring (bicyclic) bond motifs is 1. The second-order valence-electron chi connectivity index (χ2n) is 10.5. The van der Waals surface area contributed by atoms with Crippen molar-refractivity contribution >= 4 is 61.3 Å². The maximum atomic E-state index is 13.5. The lowest BCUT2D eigenvalue weighted by atomic mass is 10.0. The van der Waals surface area contributed by atoms with Gasteiger partial charge in [0.15, 0.2) is 9.84 Å². The van der Waals surface area contributed by atoms with Crippen molar-refractivity contribution in [3.63, 3.8) is 0 Å². The Bertz CT molecular complexity index is 2000. The van der Waals surface area contributed by atoms with Gasteiger partial charge in [0.1, 0.15) is 36.1 Å². The number of hydrogen-bond acceptors (Lipinski definition) is 8. The first kappa shape index (κ1) is 32.3. The molecule has 5 rings (SSSR count). The molecule has 0 aliphatic carbocycles. The lowest BCUT2D eigenvalue weighted by Crippen LogP contribution is -2.35. The number of nitrogens with zero attached hydrogens (tertiary/aromatic N) is 2. The van der Waals surface area contributed by atoms with Crippen LogP contribution in [0.4, 0.5) is 21.6 Å². The lowest BCUT2D eigenvalue weighted by molar-refractivity contribution is -0.120. The minimum atomic E-state index is -3.55. The van der Waals surface area contributed by atoms with Crippen LogP contribution in [-0.2, 0) is 26.0 Å². The Morgan fingerprint density at radius 2 is 1.70 bits per heavy atom. The van der Waals surface area contributed by atoms with Crippen LogP contribution in [0.15, 0.2) is 97.3 Å². The van der Waals surface area contributed by atoms with Gasteiger partial charge in [-0.15, -0.1) is 0 Å². The molecule has 1 heterocycles. The molecule has 0 aliphatic heterocycles. The number of anilines is 3. The predicted molar refractivity (Wildman–Crippen MR) is 175 cm³/mol. The zero-order valence-electron chi connectivity index (χ0n) is 24.5. The number of aromatic nitrogens is 2. The highest BCUT2D eigenvalue weighted by Crippen LogP contribution is 2.32. The van der Waals surface area contributed by atoms with Crippen molar-refractivity contribution in [2.45, 2.75) is 19.1 Å². The summed E-state index contributed by atoms with van der Waals surface area (Å²) in [6, 6.07) is 24.5. The van der Waals surface area contributed by atoms with Gasteiger partial charge in [-0.1, -0.05) is 54.1 Å². The number of benzene rings is 4. The highest BCUT2D eigenvalue weighted by Gasteiger charge is 2.21. The summed E-state index contributed by atoms with van der Waals surface area (Å²) >= 11 is 6.47. The molecule has 0 radical (unpaired) electrons. The number of nitrogens with one attached hydrogen (secondary N) is 3. The molecular formula is C33H29ClFN5O5S. The predicted octanol–water partition coefficient (Wildman–Crippen LogP) is 5.98. The van der Waals surface area contributed by atoms with Gasteiger partial charge in [0, 0.05) is 23.0 Å². The average molecular weight is 662 g/mol. The number of hydrogen-bond donors (Lipinski definition) is 3. The molecule has 1 unspecified atom stereocenters. The van der Waals surface area contributed by atoms with Gasteiger partial charge in [-0.05, 0) is 59.7 Å². The minimum Gasteiger partial charge on any atom is -0.487 e. The molecule has 0 spiro atoms. The first-order chi connectivity index (χ1) is 22.0. The summed E-state index contributed by atoms with van der Waals surface area (Å²) in [5.41, 5.74) is 3.02. The Balaban J connectivity index is 1.29. The minimum absolute atomic E-state index is 0.139. The summed E-state index contributed by atoms with van der Waals surface area (Å²) in [5, 5.41) is 9.67. The number of ether oxygens (including phenoxy) is 1. The quantitative estimate of drug-likeness (QED) is 0.149. The summed E-state index contributed by atoms with van der Waals surface area (Å²) in [6.45, 7) is 0.147. The molecule has 0 aliphatic rings. The van der Waals surface area contributed by atoms with Gasteiger partial charge < -0.3 is 20.7 Å². The van der Waals surface area contributed by atoms with E-state index >= 15 is 0 Å². The van der Waals surface area contributed by atoms with E-state index in [1.807, 2.05) is 0 Å². The second kappa shape index (κ2) is 14.4. The van der Waals surface area contributed by atoms with Gasteiger partial charge in [0.2, 0.25) is 11.8 Å². The van der Waals surface area contributed by atoms with E-state index in [0.29, 0.717) is 50.0 Å². The fraction of sp³-hybridized carbons (Fsp3) is 0.152. The molecule has 1 aromatic heterocycles. The first-order valence-corrected chi connectivity index (χ1v) is 16.5. The van der Waals surface area contributed by atoms with Crippen LogP contribution in [0.5, 0.6) is 5.75 Å². The average Bonchev–Trinajstić information content (AvgIpc) is 3.00. The molecule has 1 atom stereocenters. The van der Waals surface area contributed by atoms with E-state index < -0.39 is 33.4 Å². The molecule has 0 saturated carbocycles. The standard InChI is InChI=1S/C33H29ClFN5O5S/c1-46(43,44)19-32(42)40-29(22-7-3-2-4-8-22)17-31(41)38-24-10-12-28-26(15-24)33(37-20-36-28)39-25-11-13-30(27(34)16-25)45-18-21-6-5-9-23(35)14-21/h2-16,20,29H,17-19H2,1H3,(H,38,41)(H,40,42)(H,36,37,39). The van der Waals surface area contributed by atoms with Gasteiger partial charge in [0.25, 0.3) is 0 Å². The maximum Gasteiger partial charge on any atom is 0.235 e. The number of amides is 2. The van der Waals surface area contributed by atoms with Crippen molar-refractivity contribution in [3.8, 4) is 5.75 Å². The van der Waals surface area contributed by atoms with Gasteiger partial charge >= 0.3 is 0 Å². The molecule has 0 fully saturated rings. The highest BCUT2D eigenvalue weighted by atomic mass is 35.5. The normalized spacial score (nSPS) is 11.9. The van der Waals surface area contributed by atoms with Crippen LogP contribution < -0.4 is 20.7 Å². The van der Waals surface area contributed by atoms with Crippen LogP contribution in [0, 0.1) is 5.82 Å². The first-order valence-electron chi connectivity index (χ1n) is 14.0. The van der Waals surface area contributed by atoms with E-state index in [-0.39, 0.29) is 18.8 Å². The molecule has 0 bridgehead atoms. The molecule has 0 saturated heterocycles. The van der Waals surface area contributed by atoms with Crippen LogP contribution in [0.25, 0.3) is 10.9 Å². The largest absolute Gasteiger partial charge is 0.487 e. The fourth-order valence-corrected chi connectivity index (χ4v) is 5.46. The zero-order chi connectivity index (χ0) is 32.7. The fourth-order valence-electron chi connectivity index (χ4n) is 4.66. The van der Waals surface area contributed by atoms with Gasteiger partial charge in [-0.25, -0.2) is 22.8 Å². The molecule has 2 amide bonds. The maximum absolute atomic E-state index is 13.5. The summed E-state index contributed by atoms with van der Waals surface area (Å²) in [5.74, 6) is -1.25. The Kier molecular flexibility index (Phi) is 10.1. The van der Waals surface area contributed by atoms with E-state index in [1.165, 1.54) is 18.5 Å². The number of rotatable bonds is 12. The third-order valence-electron chi connectivity index (χ3n) is 6.72. The molecule has 4 aromatic carbocycles. The molecule has 236 valence electrons. The van der Waals surface area contributed by atoms with Crippen molar-refractivity contribution < 1.29 is 27.1 Å². The Morgan fingerprint density at radius 3 is 2.43 bits per heavy atom. The van der Waals surface area contributed by atoms with Crippen LogP contribution in [0.3, 0.4) is 0 Å². The van der Waals surface area contributed by atoms with E-state index in [1.54, 1.807) is 78.9 Å². The highest BCUT2D eigenvalue weighted by molar-refractivity contribution is 7.91. The monoisotopic (exact) mass is 661 g/mol. The van der Waals surface area contributed by atoms with Crippen LogP contribution >= 0.6 is 11.6 Å². The molecule has 5 aromatic rings. The number of halogens is 2. The van der Waals surface area contributed by atoms with Crippen molar-refractivity contribution in [2.24, 2.45) is 0 Å².